The van der Waals surface area contributed by atoms with E-state index in [1.54, 1.807) is 4.31 Å². The lowest BCUT2D eigenvalue weighted by atomic mass is 10.0. The van der Waals surface area contributed by atoms with Crippen LogP contribution in [0.4, 0.5) is 0 Å². The Kier molecular flexibility index (Phi) is 5.58. The van der Waals surface area contributed by atoms with Crippen LogP contribution in [0.5, 0.6) is 0 Å². The van der Waals surface area contributed by atoms with E-state index in [0.29, 0.717) is 25.6 Å². The Bertz CT molecular complexity index is 368. The molecule has 0 aromatic rings. The summed E-state index contributed by atoms with van der Waals surface area (Å²) in [5.74, 6) is 0.463. The number of ether oxygens (including phenoxy) is 1. The molecular formula is C12H25N3O3S. The second-order valence-corrected chi connectivity index (χ2v) is 7.21. The summed E-state index contributed by atoms with van der Waals surface area (Å²) in [5, 5.41) is 0. The Hall–Kier alpha value is -0.210. The highest BCUT2D eigenvalue weighted by Gasteiger charge is 2.26. The van der Waals surface area contributed by atoms with Crippen molar-refractivity contribution in [2.75, 3.05) is 52.5 Å². The van der Waals surface area contributed by atoms with E-state index in [9.17, 15) is 8.42 Å². The van der Waals surface area contributed by atoms with Crippen molar-refractivity contribution >= 4 is 10.2 Å². The van der Waals surface area contributed by atoms with E-state index in [2.05, 4.69) is 16.5 Å². The van der Waals surface area contributed by atoms with E-state index in [-0.39, 0.29) is 0 Å². The highest BCUT2D eigenvalue weighted by atomic mass is 32.2. The summed E-state index contributed by atoms with van der Waals surface area (Å²) >= 11 is 0. The third-order valence-electron chi connectivity index (χ3n) is 3.78. The molecule has 2 aliphatic heterocycles. The molecule has 112 valence electrons. The lowest BCUT2D eigenvalue weighted by molar-refractivity contribution is 0.0390. The zero-order chi connectivity index (χ0) is 13.7. The van der Waals surface area contributed by atoms with Crippen molar-refractivity contribution < 1.29 is 13.2 Å². The van der Waals surface area contributed by atoms with E-state index in [4.69, 9.17) is 4.74 Å². The van der Waals surface area contributed by atoms with Crippen LogP contribution >= 0.6 is 0 Å². The Morgan fingerprint density at radius 2 is 2.00 bits per heavy atom. The Labute approximate surface area is 116 Å². The fourth-order valence-electron chi connectivity index (χ4n) is 2.61. The average Bonchev–Trinajstić information content (AvgIpc) is 2.40. The molecule has 0 aromatic heterocycles. The first-order valence-corrected chi connectivity index (χ1v) is 8.57. The molecule has 0 amide bonds. The van der Waals surface area contributed by atoms with Gasteiger partial charge in [0.05, 0.1) is 13.2 Å². The smallest absolute Gasteiger partial charge is 0.279 e. The minimum Gasteiger partial charge on any atom is -0.379 e. The maximum atomic E-state index is 12.1. The summed E-state index contributed by atoms with van der Waals surface area (Å²) < 4.78 is 33.9. The van der Waals surface area contributed by atoms with Gasteiger partial charge in [0.15, 0.2) is 0 Å². The molecule has 0 spiro atoms. The second-order valence-electron chi connectivity index (χ2n) is 5.46. The van der Waals surface area contributed by atoms with Crippen LogP contribution in [0.3, 0.4) is 0 Å². The topological polar surface area (TPSA) is 61.9 Å². The van der Waals surface area contributed by atoms with E-state index >= 15 is 0 Å². The minimum atomic E-state index is -3.29. The predicted molar refractivity (Wildman–Crippen MR) is 74.2 cm³/mol. The molecule has 2 rings (SSSR count). The maximum Gasteiger partial charge on any atom is 0.279 e. The van der Waals surface area contributed by atoms with Crippen LogP contribution < -0.4 is 4.72 Å². The maximum absolute atomic E-state index is 12.1. The average molecular weight is 291 g/mol. The standard InChI is InChI=1S/C12H25N3O3S/c1-12-3-2-5-15(11-12)19(16,17)13-4-6-14-7-9-18-10-8-14/h12-13H,2-11H2,1H3. The van der Waals surface area contributed by atoms with E-state index < -0.39 is 10.2 Å². The third kappa shape index (κ3) is 4.68. The lowest BCUT2D eigenvalue weighted by Gasteiger charge is -2.31. The number of nitrogens with zero attached hydrogens (tertiary/aromatic N) is 2. The van der Waals surface area contributed by atoms with Gasteiger partial charge in [-0.1, -0.05) is 6.92 Å². The van der Waals surface area contributed by atoms with Crippen molar-refractivity contribution in [3.8, 4) is 0 Å². The quantitative estimate of drug-likeness (QED) is 0.767. The van der Waals surface area contributed by atoms with Gasteiger partial charge in [-0.2, -0.15) is 12.7 Å². The molecular weight excluding hydrogens is 266 g/mol. The zero-order valence-electron chi connectivity index (χ0n) is 11.7. The van der Waals surface area contributed by atoms with Gasteiger partial charge in [-0.3, -0.25) is 4.90 Å². The van der Waals surface area contributed by atoms with Gasteiger partial charge < -0.3 is 4.74 Å². The van der Waals surface area contributed by atoms with Crippen molar-refractivity contribution in [1.29, 1.82) is 0 Å². The minimum absolute atomic E-state index is 0.463. The molecule has 0 aromatic carbocycles. The van der Waals surface area contributed by atoms with Gasteiger partial charge in [0, 0.05) is 39.3 Å². The van der Waals surface area contributed by atoms with E-state index in [1.807, 2.05) is 0 Å². The SMILES string of the molecule is CC1CCCN(S(=O)(=O)NCCN2CCOCC2)C1. The predicted octanol–water partition coefficient (Wildman–Crippen LogP) is -0.115. The summed E-state index contributed by atoms with van der Waals surface area (Å²) in [6.07, 6.45) is 2.09. The Morgan fingerprint density at radius 1 is 1.26 bits per heavy atom. The number of piperidine rings is 1. The van der Waals surface area contributed by atoms with Crippen LogP contribution in [-0.2, 0) is 14.9 Å². The molecule has 2 heterocycles. The molecule has 0 saturated carbocycles. The van der Waals surface area contributed by atoms with E-state index in [0.717, 1.165) is 45.7 Å². The largest absolute Gasteiger partial charge is 0.379 e. The van der Waals surface area contributed by atoms with Crippen LogP contribution in [0, 0.1) is 5.92 Å². The zero-order valence-corrected chi connectivity index (χ0v) is 12.5. The Balaban J connectivity index is 1.73. The molecule has 1 unspecified atom stereocenters. The van der Waals surface area contributed by atoms with Gasteiger partial charge in [-0.25, -0.2) is 4.72 Å². The first-order chi connectivity index (χ1) is 9.08. The van der Waals surface area contributed by atoms with Gasteiger partial charge in [0.1, 0.15) is 0 Å². The summed E-state index contributed by atoms with van der Waals surface area (Å²) in [4.78, 5) is 2.23. The normalized spacial score (nSPS) is 27.5. The molecule has 0 radical (unpaired) electrons. The van der Waals surface area contributed by atoms with Crippen LogP contribution in [0.15, 0.2) is 0 Å². The molecule has 1 atom stereocenters. The fourth-order valence-corrected chi connectivity index (χ4v) is 3.97. The molecule has 2 fully saturated rings. The van der Waals surface area contributed by atoms with Gasteiger partial charge in [-0.15, -0.1) is 0 Å². The summed E-state index contributed by atoms with van der Waals surface area (Å²) in [5.41, 5.74) is 0. The summed E-state index contributed by atoms with van der Waals surface area (Å²) in [6, 6.07) is 0. The fraction of sp³-hybridized carbons (Fsp3) is 1.00. The van der Waals surface area contributed by atoms with Gasteiger partial charge in [0.2, 0.25) is 0 Å². The van der Waals surface area contributed by atoms with Crippen LogP contribution in [-0.4, -0.2) is 70.1 Å². The van der Waals surface area contributed by atoms with Gasteiger partial charge in [-0.05, 0) is 18.8 Å². The van der Waals surface area contributed by atoms with Crippen LogP contribution in [0.1, 0.15) is 19.8 Å². The summed E-state index contributed by atoms with van der Waals surface area (Å²) in [6.45, 7) is 7.91. The molecule has 2 aliphatic rings. The Morgan fingerprint density at radius 3 is 2.68 bits per heavy atom. The van der Waals surface area contributed by atoms with E-state index in [1.165, 1.54) is 0 Å². The molecule has 6 nitrogen and oxygen atoms in total. The van der Waals surface area contributed by atoms with Crippen LogP contribution in [0.2, 0.25) is 0 Å². The summed E-state index contributed by atoms with van der Waals surface area (Å²) in [7, 11) is -3.29. The molecule has 19 heavy (non-hydrogen) atoms. The molecule has 7 heteroatoms. The lowest BCUT2D eigenvalue weighted by Crippen LogP contribution is -2.48. The number of rotatable bonds is 5. The first kappa shape index (κ1) is 15.2. The highest BCUT2D eigenvalue weighted by molar-refractivity contribution is 7.87. The van der Waals surface area contributed by atoms with Crippen molar-refractivity contribution in [1.82, 2.24) is 13.9 Å². The van der Waals surface area contributed by atoms with Crippen molar-refractivity contribution in [3.63, 3.8) is 0 Å². The number of hydrogen-bond donors (Lipinski definition) is 1. The number of nitrogens with one attached hydrogen (secondary N) is 1. The molecule has 2 saturated heterocycles. The van der Waals surface area contributed by atoms with Gasteiger partial charge in [0.25, 0.3) is 10.2 Å². The van der Waals surface area contributed by atoms with Crippen molar-refractivity contribution in [2.24, 2.45) is 5.92 Å². The monoisotopic (exact) mass is 291 g/mol. The number of hydrogen-bond acceptors (Lipinski definition) is 4. The molecule has 0 bridgehead atoms. The molecule has 1 N–H and O–H groups in total. The highest BCUT2D eigenvalue weighted by Crippen LogP contribution is 2.17. The first-order valence-electron chi connectivity index (χ1n) is 7.13. The van der Waals surface area contributed by atoms with Gasteiger partial charge >= 0.3 is 0 Å². The van der Waals surface area contributed by atoms with Crippen LogP contribution in [0.25, 0.3) is 0 Å². The van der Waals surface area contributed by atoms with Crippen molar-refractivity contribution in [2.45, 2.75) is 19.8 Å². The molecule has 0 aliphatic carbocycles. The number of morpholine rings is 1. The third-order valence-corrected chi connectivity index (χ3v) is 5.36. The second kappa shape index (κ2) is 6.99. The van der Waals surface area contributed by atoms with Crippen molar-refractivity contribution in [3.05, 3.63) is 0 Å².